The van der Waals surface area contributed by atoms with E-state index >= 15 is 0 Å². The van der Waals surface area contributed by atoms with Gasteiger partial charge in [0.05, 0.1) is 12.0 Å². The van der Waals surface area contributed by atoms with Gasteiger partial charge in [0.1, 0.15) is 11.5 Å². The summed E-state index contributed by atoms with van der Waals surface area (Å²) in [5.41, 5.74) is 3.61. The first-order valence-electron chi connectivity index (χ1n) is 8.06. The Morgan fingerprint density at radius 3 is 2.71 bits per heavy atom. The van der Waals surface area contributed by atoms with Crippen molar-refractivity contribution in [1.82, 2.24) is 20.2 Å². The van der Waals surface area contributed by atoms with E-state index in [1.807, 2.05) is 19.2 Å². The molecule has 0 aliphatic heterocycles. The Labute approximate surface area is 169 Å². The molecule has 0 spiro atoms. The Morgan fingerprint density at radius 2 is 2.00 bits per heavy atom. The minimum Gasteiger partial charge on any atom is -0.508 e. The average Bonchev–Trinajstić information content (AvgIpc) is 3.03. The van der Waals surface area contributed by atoms with Crippen molar-refractivity contribution in [2.45, 2.75) is 5.16 Å². The van der Waals surface area contributed by atoms with Crippen molar-refractivity contribution in [2.24, 2.45) is 12.1 Å². The molecule has 0 atom stereocenters. The van der Waals surface area contributed by atoms with Crippen LogP contribution in [0.2, 0.25) is 5.02 Å². The standard InChI is InChI=1S/C18H16ClN5O3S/c1-24-17(11-2-5-13(19)6-3-11)22-23-18(24)28-10-16(27)21-20-9-12-4-7-14(25)8-15(12)26/h2-9,25-26H,10H2,1H3,(H,21,27)/b20-9+. The largest absolute Gasteiger partial charge is 0.508 e. The molecule has 8 nitrogen and oxygen atoms in total. The molecule has 0 bridgehead atoms. The van der Waals surface area contributed by atoms with Crippen LogP contribution in [0.4, 0.5) is 0 Å². The van der Waals surface area contributed by atoms with Gasteiger partial charge in [0.15, 0.2) is 11.0 Å². The third-order valence-corrected chi connectivity index (χ3v) is 4.95. The number of carbonyl (C=O) groups excluding carboxylic acids is 1. The van der Waals surface area contributed by atoms with Gasteiger partial charge in [0.2, 0.25) is 0 Å². The molecule has 0 fully saturated rings. The van der Waals surface area contributed by atoms with E-state index in [-0.39, 0.29) is 23.2 Å². The minimum atomic E-state index is -0.337. The molecule has 1 amide bonds. The molecule has 28 heavy (non-hydrogen) atoms. The van der Waals surface area contributed by atoms with Crippen molar-refractivity contribution in [3.05, 3.63) is 53.1 Å². The van der Waals surface area contributed by atoms with Crippen LogP contribution in [0, 0.1) is 0 Å². The van der Waals surface area contributed by atoms with Crippen molar-refractivity contribution in [3.63, 3.8) is 0 Å². The van der Waals surface area contributed by atoms with E-state index in [9.17, 15) is 15.0 Å². The van der Waals surface area contributed by atoms with Crippen molar-refractivity contribution in [3.8, 4) is 22.9 Å². The monoisotopic (exact) mass is 417 g/mol. The number of phenols is 2. The molecule has 1 heterocycles. The number of hydrazone groups is 1. The molecule has 10 heteroatoms. The lowest BCUT2D eigenvalue weighted by Gasteiger charge is -2.04. The summed E-state index contributed by atoms with van der Waals surface area (Å²) in [7, 11) is 1.82. The summed E-state index contributed by atoms with van der Waals surface area (Å²) in [6.45, 7) is 0. The molecule has 0 saturated heterocycles. The summed E-state index contributed by atoms with van der Waals surface area (Å²) in [4.78, 5) is 12.0. The lowest BCUT2D eigenvalue weighted by atomic mass is 10.2. The van der Waals surface area contributed by atoms with Crippen LogP contribution in [-0.2, 0) is 11.8 Å². The molecule has 144 valence electrons. The van der Waals surface area contributed by atoms with Crippen LogP contribution in [0.5, 0.6) is 11.5 Å². The van der Waals surface area contributed by atoms with E-state index in [1.165, 1.54) is 36.2 Å². The smallest absolute Gasteiger partial charge is 0.250 e. The number of carbonyl (C=O) groups is 1. The van der Waals surface area contributed by atoms with Crippen molar-refractivity contribution >= 4 is 35.5 Å². The van der Waals surface area contributed by atoms with Gasteiger partial charge in [0.25, 0.3) is 5.91 Å². The molecule has 0 unspecified atom stereocenters. The summed E-state index contributed by atoms with van der Waals surface area (Å²) >= 11 is 7.12. The molecule has 0 saturated carbocycles. The average molecular weight is 418 g/mol. The van der Waals surface area contributed by atoms with Gasteiger partial charge < -0.3 is 14.8 Å². The number of aromatic hydroxyl groups is 2. The van der Waals surface area contributed by atoms with E-state index in [4.69, 9.17) is 11.6 Å². The van der Waals surface area contributed by atoms with Crippen LogP contribution in [0.1, 0.15) is 5.56 Å². The zero-order valence-corrected chi connectivity index (χ0v) is 16.3. The second kappa shape index (κ2) is 8.77. The van der Waals surface area contributed by atoms with Gasteiger partial charge in [0, 0.05) is 29.3 Å². The molecule has 1 aromatic heterocycles. The topological polar surface area (TPSA) is 113 Å². The lowest BCUT2D eigenvalue weighted by molar-refractivity contribution is -0.118. The zero-order chi connectivity index (χ0) is 20.1. The molecule has 0 aliphatic carbocycles. The lowest BCUT2D eigenvalue weighted by Crippen LogP contribution is -2.19. The van der Waals surface area contributed by atoms with Crippen LogP contribution in [-0.4, -0.2) is 42.9 Å². The number of rotatable bonds is 6. The highest BCUT2D eigenvalue weighted by molar-refractivity contribution is 7.99. The molecule has 3 rings (SSSR count). The van der Waals surface area contributed by atoms with Crippen LogP contribution >= 0.6 is 23.4 Å². The number of benzene rings is 2. The molecule has 3 aromatic rings. The number of halogens is 1. The van der Waals surface area contributed by atoms with Crippen molar-refractivity contribution < 1.29 is 15.0 Å². The number of hydrogen-bond acceptors (Lipinski definition) is 7. The van der Waals surface area contributed by atoms with Gasteiger partial charge in [-0.15, -0.1) is 10.2 Å². The van der Waals surface area contributed by atoms with Gasteiger partial charge in [-0.25, -0.2) is 5.43 Å². The van der Waals surface area contributed by atoms with E-state index in [0.29, 0.717) is 21.6 Å². The van der Waals surface area contributed by atoms with Gasteiger partial charge in [-0.1, -0.05) is 23.4 Å². The maximum atomic E-state index is 12.0. The summed E-state index contributed by atoms with van der Waals surface area (Å²) in [6.07, 6.45) is 1.29. The van der Waals surface area contributed by atoms with Crippen LogP contribution in [0.3, 0.4) is 0 Å². The number of aromatic nitrogens is 3. The number of hydrogen-bond donors (Lipinski definition) is 3. The first-order chi connectivity index (χ1) is 13.4. The number of phenolic OH excluding ortho intramolecular Hbond substituents is 2. The number of nitrogens with one attached hydrogen (secondary N) is 1. The number of thioether (sulfide) groups is 1. The van der Waals surface area contributed by atoms with Gasteiger partial charge in [-0.05, 0) is 36.4 Å². The third-order valence-electron chi connectivity index (χ3n) is 3.68. The van der Waals surface area contributed by atoms with E-state index in [0.717, 1.165) is 5.56 Å². The summed E-state index contributed by atoms with van der Waals surface area (Å²) < 4.78 is 1.79. The fourth-order valence-corrected chi connectivity index (χ4v) is 3.10. The Hall–Kier alpha value is -3.04. The van der Waals surface area contributed by atoms with E-state index in [2.05, 4.69) is 20.7 Å². The van der Waals surface area contributed by atoms with E-state index in [1.54, 1.807) is 16.7 Å². The first kappa shape index (κ1) is 19.7. The van der Waals surface area contributed by atoms with Crippen LogP contribution < -0.4 is 5.43 Å². The van der Waals surface area contributed by atoms with Gasteiger partial charge >= 0.3 is 0 Å². The SMILES string of the molecule is Cn1c(SCC(=O)N/N=C/c2ccc(O)cc2O)nnc1-c1ccc(Cl)cc1. The summed E-state index contributed by atoms with van der Waals surface area (Å²) in [6, 6.07) is 11.3. The van der Waals surface area contributed by atoms with Crippen molar-refractivity contribution in [2.75, 3.05) is 5.75 Å². The summed E-state index contributed by atoms with van der Waals surface area (Å²) in [5.74, 6) is 0.222. The summed E-state index contributed by atoms with van der Waals surface area (Å²) in [5, 5.41) is 32.2. The molecule has 0 radical (unpaired) electrons. The molecule has 3 N–H and O–H groups in total. The Morgan fingerprint density at radius 1 is 1.25 bits per heavy atom. The molecule has 2 aromatic carbocycles. The predicted molar refractivity (Wildman–Crippen MR) is 108 cm³/mol. The molecular formula is C18H16ClN5O3S. The maximum Gasteiger partial charge on any atom is 0.250 e. The van der Waals surface area contributed by atoms with Gasteiger partial charge in [-0.2, -0.15) is 5.10 Å². The second-order valence-electron chi connectivity index (χ2n) is 5.70. The minimum absolute atomic E-state index is 0.0586. The van der Waals surface area contributed by atoms with Crippen molar-refractivity contribution in [1.29, 1.82) is 0 Å². The normalized spacial score (nSPS) is 11.1. The third kappa shape index (κ3) is 4.81. The zero-order valence-electron chi connectivity index (χ0n) is 14.7. The quantitative estimate of drug-likeness (QED) is 0.323. The fourth-order valence-electron chi connectivity index (χ4n) is 2.27. The van der Waals surface area contributed by atoms with E-state index < -0.39 is 0 Å². The maximum absolute atomic E-state index is 12.0. The highest BCUT2D eigenvalue weighted by Crippen LogP contribution is 2.24. The Bertz CT molecular complexity index is 1020. The van der Waals surface area contributed by atoms with Gasteiger partial charge in [-0.3, -0.25) is 4.79 Å². The number of nitrogens with zero attached hydrogens (tertiary/aromatic N) is 4. The van der Waals surface area contributed by atoms with Crippen LogP contribution in [0.25, 0.3) is 11.4 Å². The Kier molecular flexibility index (Phi) is 6.17. The predicted octanol–water partition coefficient (Wildman–Crippen LogP) is 2.79. The highest BCUT2D eigenvalue weighted by Gasteiger charge is 2.12. The molecular weight excluding hydrogens is 402 g/mol. The van der Waals surface area contributed by atoms with Crippen LogP contribution in [0.15, 0.2) is 52.7 Å². The second-order valence-corrected chi connectivity index (χ2v) is 7.08. The fraction of sp³-hybridized carbons (Fsp3) is 0.111. The first-order valence-corrected chi connectivity index (χ1v) is 9.42. The number of amides is 1. The molecule has 0 aliphatic rings. The highest BCUT2D eigenvalue weighted by atomic mass is 35.5. The Balaban J connectivity index is 1.56.